The van der Waals surface area contributed by atoms with E-state index in [0.29, 0.717) is 55.5 Å². The van der Waals surface area contributed by atoms with Crippen LogP contribution in [0.15, 0.2) is 140 Å². The Morgan fingerprint density at radius 1 is 0.560 bits per heavy atom. The van der Waals surface area contributed by atoms with E-state index < -0.39 is 127 Å². The number of hydrogen-bond acceptors (Lipinski definition) is 14. The third-order valence-corrected chi connectivity index (χ3v) is 17.4. The molecule has 530 valence electrons. The van der Waals surface area contributed by atoms with Gasteiger partial charge in [-0.3, -0.25) is 53.4 Å². The minimum atomic E-state index is -1.80. The Hall–Kier alpha value is -10.8. The van der Waals surface area contributed by atoms with Gasteiger partial charge in [-0.1, -0.05) is 116 Å². The number of aromatic nitrogens is 2. The number of aromatic hydroxyl groups is 1. The van der Waals surface area contributed by atoms with Crippen LogP contribution in [0.3, 0.4) is 0 Å². The molecule has 20 N–H and O–H groups in total. The van der Waals surface area contributed by atoms with Crippen LogP contribution >= 0.6 is 11.6 Å². The van der Waals surface area contributed by atoms with Gasteiger partial charge in [-0.25, -0.2) is 0 Å². The number of aliphatic hydroxyl groups excluding tert-OH is 1. The van der Waals surface area contributed by atoms with E-state index in [1.807, 2.05) is 42.5 Å². The number of carbonyl (C=O) groups excluding carboxylic acids is 10. The van der Waals surface area contributed by atoms with Crippen molar-refractivity contribution in [2.75, 3.05) is 26.2 Å². The van der Waals surface area contributed by atoms with Crippen molar-refractivity contribution < 1.29 is 58.2 Å². The monoisotopic (exact) mass is 1390 g/mol. The molecular formula is C71H87ClN16O12. The fourth-order valence-electron chi connectivity index (χ4n) is 12.0. The fourth-order valence-corrected chi connectivity index (χ4v) is 12.1. The number of primary amides is 1. The number of rotatable bonds is 35. The van der Waals surface area contributed by atoms with Crippen molar-refractivity contribution in [3.05, 3.63) is 173 Å². The summed E-state index contributed by atoms with van der Waals surface area (Å²) in [6.45, 7) is 2.39. The van der Waals surface area contributed by atoms with E-state index in [1.165, 1.54) is 29.2 Å². The van der Waals surface area contributed by atoms with Crippen LogP contribution in [0.5, 0.6) is 5.75 Å². The molecule has 8 rings (SSSR count). The first-order chi connectivity index (χ1) is 47.9. The highest BCUT2D eigenvalue weighted by Gasteiger charge is 2.40. The number of fused-ring (bicyclic) bond motifs is 2. The molecule has 0 aliphatic carbocycles. The van der Waals surface area contributed by atoms with E-state index in [2.05, 4.69) is 57.8 Å². The van der Waals surface area contributed by atoms with Crippen LogP contribution in [0.25, 0.3) is 21.8 Å². The zero-order valence-electron chi connectivity index (χ0n) is 55.5. The molecule has 29 heteroatoms. The number of carbonyl (C=O) groups is 10. The SMILES string of the molecule is CC(C)C[C@H](NC(=O)[C@@H](Cc1c[nH]c2ccccc12)NC(=O)[C@H](Cc1ccc(O)cc1)NC(=O)[C@H](CO)NC(=O)[C@@H](Cc1c[nH]c2ccccc12)NC(=O)[C@H](Cc1ccc(Cl)cc1)NC(=O)[C@H](N)Cc1ccccc1)C(=O)N[C@@H](CCCNC(=N)N)C(=O)N1CCC[C@H]1C(=O)NCC(N)=O. The lowest BCUT2D eigenvalue weighted by atomic mass is 9.99. The minimum Gasteiger partial charge on any atom is -0.508 e. The quantitative estimate of drug-likeness (QED) is 0.0150. The van der Waals surface area contributed by atoms with Gasteiger partial charge in [0.1, 0.15) is 54.1 Å². The summed E-state index contributed by atoms with van der Waals surface area (Å²) >= 11 is 6.22. The third-order valence-electron chi connectivity index (χ3n) is 17.1. The number of aromatic amines is 2. The summed E-state index contributed by atoms with van der Waals surface area (Å²) in [4.78, 5) is 150. The molecule has 0 saturated carbocycles. The normalized spacial score (nSPS) is 15.2. The molecule has 2 aromatic heterocycles. The van der Waals surface area contributed by atoms with Crippen molar-refractivity contribution >= 4 is 98.4 Å². The average molecular weight is 1390 g/mol. The summed E-state index contributed by atoms with van der Waals surface area (Å²) in [5.74, 6) is -8.80. The molecular weight excluding hydrogens is 1300 g/mol. The Morgan fingerprint density at radius 3 is 1.53 bits per heavy atom. The lowest BCUT2D eigenvalue weighted by Crippen LogP contribution is -2.61. The van der Waals surface area contributed by atoms with Crippen LogP contribution in [-0.2, 0) is 80.0 Å². The van der Waals surface area contributed by atoms with E-state index in [-0.39, 0.29) is 88.5 Å². The van der Waals surface area contributed by atoms with Crippen molar-refractivity contribution in [2.24, 2.45) is 23.1 Å². The summed E-state index contributed by atoms with van der Waals surface area (Å²) < 4.78 is 0. The van der Waals surface area contributed by atoms with Gasteiger partial charge >= 0.3 is 0 Å². The number of nitrogens with one attached hydrogen (secondary N) is 12. The van der Waals surface area contributed by atoms with Gasteiger partial charge in [-0.2, -0.15) is 0 Å². The van der Waals surface area contributed by atoms with Gasteiger partial charge in [0.15, 0.2) is 5.96 Å². The summed E-state index contributed by atoms with van der Waals surface area (Å²) in [6, 6.07) is 23.3. The highest BCUT2D eigenvalue weighted by atomic mass is 35.5. The topological polar surface area (TPSA) is 456 Å². The molecule has 9 atom stereocenters. The third kappa shape index (κ3) is 21.6. The van der Waals surface area contributed by atoms with E-state index in [0.717, 1.165) is 5.56 Å². The summed E-state index contributed by atoms with van der Waals surface area (Å²) in [5, 5.41) is 55.0. The first-order valence-electron chi connectivity index (χ1n) is 33.0. The number of amides is 10. The number of phenolic OH excluding ortho intramolecular Hbond substituents is 1. The number of phenols is 1. The van der Waals surface area contributed by atoms with Gasteiger partial charge in [-0.15, -0.1) is 0 Å². The number of halogens is 1. The maximum Gasteiger partial charge on any atom is 0.245 e. The lowest BCUT2D eigenvalue weighted by molar-refractivity contribution is -0.142. The van der Waals surface area contributed by atoms with Crippen LogP contribution < -0.4 is 65.1 Å². The van der Waals surface area contributed by atoms with E-state index in [9.17, 15) is 48.6 Å². The highest BCUT2D eigenvalue weighted by Crippen LogP contribution is 2.24. The largest absolute Gasteiger partial charge is 0.508 e. The Bertz CT molecular complexity index is 4020. The first-order valence-corrected chi connectivity index (χ1v) is 33.4. The number of hydrogen-bond donors (Lipinski definition) is 17. The van der Waals surface area contributed by atoms with Gasteiger partial charge in [0.05, 0.1) is 19.2 Å². The lowest BCUT2D eigenvalue weighted by Gasteiger charge is -2.30. The first kappa shape index (κ1) is 74.9. The van der Waals surface area contributed by atoms with Gasteiger partial charge in [0, 0.05) is 78.0 Å². The predicted octanol–water partition coefficient (Wildman–Crippen LogP) is 1.14. The second-order valence-corrected chi connectivity index (χ2v) is 25.7. The van der Waals surface area contributed by atoms with Crippen LogP contribution in [0, 0.1) is 11.3 Å². The number of H-pyrrole nitrogens is 2. The molecule has 0 bridgehead atoms. The molecule has 1 aliphatic heterocycles. The molecule has 0 unspecified atom stereocenters. The number of nitrogens with two attached hydrogens (primary N) is 3. The second kappa shape index (κ2) is 36.1. The van der Waals surface area contributed by atoms with E-state index in [4.69, 9.17) is 34.2 Å². The zero-order valence-corrected chi connectivity index (χ0v) is 56.2. The summed E-state index contributed by atoms with van der Waals surface area (Å²) in [5.41, 5.74) is 21.5. The Labute approximate surface area is 582 Å². The second-order valence-electron chi connectivity index (χ2n) is 25.2. The van der Waals surface area contributed by atoms with Crippen molar-refractivity contribution in [3.63, 3.8) is 0 Å². The number of guanidine groups is 1. The van der Waals surface area contributed by atoms with Gasteiger partial charge in [0.25, 0.3) is 0 Å². The number of aliphatic hydroxyl groups is 1. The molecule has 5 aromatic carbocycles. The van der Waals surface area contributed by atoms with Crippen LogP contribution in [0.2, 0.25) is 5.02 Å². The Morgan fingerprint density at radius 2 is 1.01 bits per heavy atom. The molecule has 3 heterocycles. The van der Waals surface area contributed by atoms with E-state index in [1.54, 1.807) is 86.9 Å². The minimum absolute atomic E-state index is 0.00498. The van der Waals surface area contributed by atoms with Crippen molar-refractivity contribution in [3.8, 4) is 5.75 Å². The molecule has 0 spiro atoms. The van der Waals surface area contributed by atoms with Crippen LogP contribution in [-0.4, -0.2) is 171 Å². The number of benzene rings is 5. The number of nitrogens with zero attached hydrogens (tertiary/aromatic N) is 1. The summed E-state index contributed by atoms with van der Waals surface area (Å²) in [7, 11) is 0. The number of likely N-dealkylation sites (tertiary alicyclic amines) is 1. The smallest absolute Gasteiger partial charge is 0.245 e. The van der Waals surface area contributed by atoms with Gasteiger partial charge in [-0.05, 0) is 109 Å². The molecule has 7 aromatic rings. The number of para-hydroxylation sites is 2. The van der Waals surface area contributed by atoms with Crippen molar-refractivity contribution in [1.82, 2.24) is 62.7 Å². The van der Waals surface area contributed by atoms with Gasteiger partial charge in [0.2, 0.25) is 59.1 Å². The Kier molecular flexibility index (Phi) is 27.1. The van der Waals surface area contributed by atoms with E-state index >= 15 is 9.59 Å². The fraction of sp³-hybridized carbons (Fsp3) is 0.366. The predicted molar refractivity (Wildman–Crippen MR) is 375 cm³/mol. The molecule has 1 aliphatic rings. The zero-order chi connectivity index (χ0) is 72.0. The molecule has 1 saturated heterocycles. The van der Waals surface area contributed by atoms with Crippen LogP contribution in [0.4, 0.5) is 0 Å². The molecule has 10 amide bonds. The highest BCUT2D eigenvalue weighted by molar-refractivity contribution is 6.30. The van der Waals surface area contributed by atoms with Crippen molar-refractivity contribution in [1.29, 1.82) is 5.41 Å². The average Bonchev–Trinajstić information content (AvgIpc) is 1.63. The maximum absolute atomic E-state index is 15.2. The molecule has 28 nitrogen and oxygen atoms in total. The maximum atomic E-state index is 15.2. The standard InChI is InChI=1S/C71H87ClN16O12/c1-40(2)30-54(63(93)81-53(18-10-28-77-71(75)76)70(100)88-29-11-19-60(88)69(99)80-38-61(74)91)83-66(96)57(34-44-36-78-51-16-8-6-14-48(44)51)85-65(95)56(33-43-22-26-47(90)27-23-43)84-68(98)59(39-89)87-67(97)58(35-45-37-79-52-17-9-7-15-49(45)52)86-64(94)55(32-42-20-24-46(72)25-21-42)82-62(92)50(73)31-41-12-4-3-5-13-41/h3-9,12-17,20-27,36-37,40,50,53-60,78-79,89-90H,10-11,18-19,28-35,38-39,73H2,1-2H3,(H2,74,91)(H,80,99)(H,81,93)(H,82,92)(H,83,96)(H,84,98)(H,85,95)(H,86,94)(H,87,97)(H4,75,76,77)/t50-,53+,54+,55+,56+,57-,58-,59+,60+/m1/s1. The molecule has 1 fully saturated rings. The van der Waals surface area contributed by atoms with Crippen LogP contribution in [0.1, 0.15) is 73.8 Å². The van der Waals surface area contributed by atoms with Crippen molar-refractivity contribution in [2.45, 2.75) is 132 Å². The molecule has 100 heavy (non-hydrogen) atoms. The molecule has 0 radical (unpaired) electrons. The summed E-state index contributed by atoms with van der Waals surface area (Å²) in [6.07, 6.45) is 3.63. The van der Waals surface area contributed by atoms with Gasteiger partial charge < -0.3 is 90.1 Å². The Balaban J connectivity index is 1.06.